The Labute approximate surface area is 145 Å². The number of ether oxygens (including phenoxy) is 1. The first-order valence-electron chi connectivity index (χ1n) is 8.16. The predicted molar refractivity (Wildman–Crippen MR) is 87.0 cm³/mol. The van der Waals surface area contributed by atoms with Gasteiger partial charge >= 0.3 is 5.97 Å². The lowest BCUT2D eigenvalue weighted by atomic mass is 10.2. The second-order valence-corrected chi connectivity index (χ2v) is 5.33. The molecule has 0 saturated heterocycles. The minimum absolute atomic E-state index is 0.208. The molecule has 0 aromatic carbocycles. The fraction of sp³-hybridized carbons (Fsp3) is 0.562. The molecular formula is C16H23N3O6. The van der Waals surface area contributed by atoms with Crippen LogP contribution in [0.4, 0.5) is 0 Å². The Morgan fingerprint density at radius 1 is 0.960 bits per heavy atom. The Kier molecular flexibility index (Phi) is 8.91. The molecule has 4 amide bonds. The van der Waals surface area contributed by atoms with Gasteiger partial charge in [-0.1, -0.05) is 6.42 Å². The van der Waals surface area contributed by atoms with Crippen molar-refractivity contribution in [3.05, 3.63) is 12.2 Å². The summed E-state index contributed by atoms with van der Waals surface area (Å²) in [5.74, 6) is -1.90. The van der Waals surface area contributed by atoms with Crippen molar-refractivity contribution in [1.29, 1.82) is 0 Å². The fourth-order valence-corrected chi connectivity index (χ4v) is 2.10. The molecule has 0 aromatic rings. The van der Waals surface area contributed by atoms with Crippen LogP contribution in [0.3, 0.4) is 0 Å². The number of unbranched alkanes of at least 4 members (excludes halogenated alkanes) is 2. The summed E-state index contributed by atoms with van der Waals surface area (Å²) in [6.07, 6.45) is 4.60. The molecule has 0 bridgehead atoms. The van der Waals surface area contributed by atoms with Crippen LogP contribution in [0, 0.1) is 0 Å². The van der Waals surface area contributed by atoms with E-state index < -0.39 is 11.9 Å². The molecule has 1 rings (SSSR count). The van der Waals surface area contributed by atoms with E-state index in [0.29, 0.717) is 25.8 Å². The van der Waals surface area contributed by atoms with Gasteiger partial charge in [-0.3, -0.25) is 28.9 Å². The number of nitrogens with zero attached hydrogens (tertiary/aromatic N) is 1. The Hall–Kier alpha value is -2.71. The minimum Gasteiger partial charge on any atom is -0.465 e. The lowest BCUT2D eigenvalue weighted by Gasteiger charge is -2.13. The highest BCUT2D eigenvalue weighted by molar-refractivity contribution is 6.12. The van der Waals surface area contributed by atoms with Gasteiger partial charge in [0.2, 0.25) is 11.8 Å². The molecule has 0 unspecified atom stereocenters. The van der Waals surface area contributed by atoms with Crippen LogP contribution in [0.15, 0.2) is 12.2 Å². The lowest BCUT2D eigenvalue weighted by Crippen LogP contribution is -2.39. The second kappa shape index (κ2) is 11.0. The molecule has 9 nitrogen and oxygen atoms in total. The number of imide groups is 1. The third-order valence-corrected chi connectivity index (χ3v) is 3.37. The molecule has 0 aromatic heterocycles. The van der Waals surface area contributed by atoms with Gasteiger partial charge in [-0.2, -0.15) is 0 Å². The Balaban J connectivity index is 2.03. The number of hydrogen-bond donors (Lipinski definition) is 2. The van der Waals surface area contributed by atoms with Crippen LogP contribution in [-0.2, 0) is 28.7 Å². The SMILES string of the molecule is CCOC(=O)CNC(=O)CNC(=O)CCCCCN1C(=O)C=CC1=O. The van der Waals surface area contributed by atoms with E-state index in [-0.39, 0.29) is 43.8 Å². The smallest absolute Gasteiger partial charge is 0.325 e. The van der Waals surface area contributed by atoms with Crippen molar-refractivity contribution in [2.24, 2.45) is 0 Å². The van der Waals surface area contributed by atoms with Gasteiger partial charge in [-0.25, -0.2) is 0 Å². The maximum absolute atomic E-state index is 11.6. The molecule has 0 radical (unpaired) electrons. The molecule has 1 aliphatic heterocycles. The summed E-state index contributed by atoms with van der Waals surface area (Å²) < 4.78 is 4.65. The molecular weight excluding hydrogens is 330 g/mol. The van der Waals surface area contributed by atoms with Crippen molar-refractivity contribution in [2.45, 2.75) is 32.6 Å². The Morgan fingerprint density at radius 2 is 1.60 bits per heavy atom. The first-order valence-corrected chi connectivity index (χ1v) is 8.16. The average molecular weight is 353 g/mol. The van der Waals surface area contributed by atoms with Crippen molar-refractivity contribution in [2.75, 3.05) is 26.2 Å². The number of nitrogens with one attached hydrogen (secondary N) is 2. The quantitative estimate of drug-likeness (QED) is 0.287. The van der Waals surface area contributed by atoms with Gasteiger partial charge in [0.1, 0.15) is 6.54 Å². The van der Waals surface area contributed by atoms with Gasteiger partial charge in [-0.15, -0.1) is 0 Å². The summed E-state index contributed by atoms with van der Waals surface area (Å²) in [6, 6.07) is 0. The summed E-state index contributed by atoms with van der Waals surface area (Å²) in [7, 11) is 0. The van der Waals surface area contributed by atoms with Crippen LogP contribution in [-0.4, -0.2) is 60.7 Å². The van der Waals surface area contributed by atoms with Crippen molar-refractivity contribution in [3.63, 3.8) is 0 Å². The number of hydrogen-bond acceptors (Lipinski definition) is 6. The van der Waals surface area contributed by atoms with Gasteiger partial charge in [0.25, 0.3) is 11.8 Å². The molecule has 1 heterocycles. The van der Waals surface area contributed by atoms with Crippen LogP contribution < -0.4 is 10.6 Å². The van der Waals surface area contributed by atoms with Crippen molar-refractivity contribution < 1.29 is 28.7 Å². The highest BCUT2D eigenvalue weighted by Gasteiger charge is 2.22. The van der Waals surface area contributed by atoms with Gasteiger partial charge in [0.15, 0.2) is 0 Å². The number of amides is 4. The van der Waals surface area contributed by atoms with Crippen molar-refractivity contribution in [3.8, 4) is 0 Å². The zero-order valence-electron chi connectivity index (χ0n) is 14.2. The number of esters is 1. The monoisotopic (exact) mass is 353 g/mol. The minimum atomic E-state index is -0.535. The summed E-state index contributed by atoms with van der Waals surface area (Å²) in [4.78, 5) is 57.9. The zero-order valence-corrected chi connectivity index (χ0v) is 14.2. The van der Waals surface area contributed by atoms with Gasteiger partial charge in [0, 0.05) is 25.1 Å². The van der Waals surface area contributed by atoms with Crippen LogP contribution >= 0.6 is 0 Å². The van der Waals surface area contributed by atoms with E-state index in [2.05, 4.69) is 15.4 Å². The molecule has 2 N–H and O–H groups in total. The van der Waals surface area contributed by atoms with Gasteiger partial charge in [-0.05, 0) is 19.8 Å². The third-order valence-electron chi connectivity index (χ3n) is 3.37. The summed E-state index contributed by atoms with van der Waals surface area (Å²) in [6.45, 7) is 1.80. The molecule has 25 heavy (non-hydrogen) atoms. The number of carbonyl (C=O) groups excluding carboxylic acids is 5. The summed E-state index contributed by atoms with van der Waals surface area (Å²) in [5, 5.41) is 4.79. The largest absolute Gasteiger partial charge is 0.465 e. The molecule has 1 aliphatic rings. The second-order valence-electron chi connectivity index (χ2n) is 5.33. The van der Waals surface area contributed by atoms with Crippen LogP contribution in [0.1, 0.15) is 32.6 Å². The zero-order chi connectivity index (χ0) is 18.7. The molecule has 9 heteroatoms. The lowest BCUT2D eigenvalue weighted by molar-refractivity contribution is -0.143. The first-order chi connectivity index (χ1) is 11.9. The van der Waals surface area contributed by atoms with E-state index in [4.69, 9.17) is 0 Å². The molecule has 0 fully saturated rings. The van der Waals surface area contributed by atoms with E-state index in [1.807, 2.05) is 0 Å². The summed E-state index contributed by atoms with van der Waals surface area (Å²) in [5.41, 5.74) is 0. The van der Waals surface area contributed by atoms with Crippen molar-refractivity contribution in [1.82, 2.24) is 15.5 Å². The predicted octanol–water partition coefficient (Wildman–Crippen LogP) is -0.733. The number of rotatable bonds is 11. The molecule has 0 spiro atoms. The molecule has 0 saturated carbocycles. The van der Waals surface area contributed by atoms with Crippen LogP contribution in [0.5, 0.6) is 0 Å². The highest BCUT2D eigenvalue weighted by Crippen LogP contribution is 2.07. The fourth-order valence-electron chi connectivity index (χ4n) is 2.10. The number of carbonyl (C=O) groups is 5. The third kappa shape index (κ3) is 8.09. The molecule has 0 aliphatic carbocycles. The van der Waals surface area contributed by atoms with Crippen LogP contribution in [0.2, 0.25) is 0 Å². The van der Waals surface area contributed by atoms with Gasteiger partial charge in [0.05, 0.1) is 13.2 Å². The van der Waals surface area contributed by atoms with Crippen molar-refractivity contribution >= 4 is 29.6 Å². The van der Waals surface area contributed by atoms with E-state index >= 15 is 0 Å². The van der Waals surface area contributed by atoms with Gasteiger partial charge < -0.3 is 15.4 Å². The van der Waals surface area contributed by atoms with E-state index in [1.165, 1.54) is 12.2 Å². The standard InChI is InChI=1S/C16H23N3O6/c1-2-25-16(24)11-18-13(21)10-17-12(20)6-4-3-5-9-19-14(22)7-8-15(19)23/h7-8H,2-6,9-11H2,1H3,(H,17,20)(H,18,21). The topological polar surface area (TPSA) is 122 Å². The summed E-state index contributed by atoms with van der Waals surface area (Å²) >= 11 is 0. The Morgan fingerprint density at radius 3 is 2.24 bits per heavy atom. The first kappa shape index (κ1) is 20.3. The van der Waals surface area contributed by atoms with E-state index in [1.54, 1.807) is 6.92 Å². The van der Waals surface area contributed by atoms with Crippen LogP contribution in [0.25, 0.3) is 0 Å². The normalized spacial score (nSPS) is 13.1. The maximum Gasteiger partial charge on any atom is 0.325 e. The maximum atomic E-state index is 11.6. The highest BCUT2D eigenvalue weighted by atomic mass is 16.5. The van der Waals surface area contributed by atoms with E-state index in [0.717, 1.165) is 4.90 Å². The molecule has 0 atom stereocenters. The van der Waals surface area contributed by atoms with E-state index in [9.17, 15) is 24.0 Å². The molecule has 138 valence electrons. The average Bonchev–Trinajstić information content (AvgIpc) is 2.89. The Bertz CT molecular complexity index is 540.